The number of rotatable bonds is 6. The van der Waals surface area contributed by atoms with E-state index in [-0.39, 0.29) is 17.2 Å². The highest BCUT2D eigenvalue weighted by molar-refractivity contribution is 6.30. The van der Waals surface area contributed by atoms with Gasteiger partial charge in [0.1, 0.15) is 5.82 Å². The molecular formula is C15H21ClFNO. The average Bonchev–Trinajstić information content (AvgIpc) is 2.35. The van der Waals surface area contributed by atoms with Crippen LogP contribution in [0, 0.1) is 5.82 Å². The quantitative estimate of drug-likeness (QED) is 0.794. The summed E-state index contributed by atoms with van der Waals surface area (Å²) in [5.41, 5.74) is 0.191. The lowest BCUT2D eigenvalue weighted by Gasteiger charge is -2.37. The maximum absolute atomic E-state index is 13.4. The molecule has 0 atom stereocenters. The van der Waals surface area contributed by atoms with E-state index in [4.69, 9.17) is 11.6 Å². The Morgan fingerprint density at radius 3 is 2.32 bits per heavy atom. The van der Waals surface area contributed by atoms with Gasteiger partial charge >= 0.3 is 0 Å². The maximum Gasteiger partial charge on any atom is 0.157 e. The third-order valence-electron chi connectivity index (χ3n) is 3.89. The molecule has 0 radical (unpaired) electrons. The third-order valence-corrected chi connectivity index (χ3v) is 4.20. The van der Waals surface area contributed by atoms with Crippen LogP contribution in [0.5, 0.6) is 0 Å². The van der Waals surface area contributed by atoms with Crippen LogP contribution in [0.2, 0.25) is 5.02 Å². The molecule has 0 amide bonds. The van der Waals surface area contributed by atoms with Gasteiger partial charge in [0.15, 0.2) is 5.78 Å². The lowest BCUT2D eigenvalue weighted by Crippen LogP contribution is -2.50. The summed E-state index contributed by atoms with van der Waals surface area (Å²) in [6.07, 6.45) is 1.71. The molecule has 0 spiro atoms. The Hall–Kier alpha value is -0.930. The van der Waals surface area contributed by atoms with Crippen molar-refractivity contribution in [2.24, 2.45) is 0 Å². The predicted molar refractivity (Wildman–Crippen MR) is 77.1 cm³/mol. The maximum atomic E-state index is 13.4. The topological polar surface area (TPSA) is 20.3 Å². The molecule has 0 unspecified atom stereocenters. The molecule has 106 valence electrons. The van der Waals surface area contributed by atoms with E-state index in [0.29, 0.717) is 5.56 Å². The monoisotopic (exact) mass is 285 g/mol. The average molecular weight is 286 g/mol. The molecule has 19 heavy (non-hydrogen) atoms. The van der Waals surface area contributed by atoms with Crippen molar-refractivity contribution in [3.8, 4) is 0 Å². The van der Waals surface area contributed by atoms with Gasteiger partial charge in [-0.3, -0.25) is 9.69 Å². The van der Waals surface area contributed by atoms with Gasteiger partial charge in [-0.1, -0.05) is 31.5 Å². The number of carbonyl (C=O) groups is 1. The standard InChI is InChI=1S/C15H21ClFNO/c1-5-15(6-2,18(3)4)14(19)10-11-7-8-12(16)13(17)9-11/h7-9H,5-6,10H2,1-4H3. The van der Waals surface area contributed by atoms with Crippen molar-refractivity contribution in [2.45, 2.75) is 38.6 Å². The van der Waals surface area contributed by atoms with Crippen LogP contribution in [0.15, 0.2) is 18.2 Å². The fourth-order valence-corrected chi connectivity index (χ4v) is 2.64. The fourth-order valence-electron chi connectivity index (χ4n) is 2.53. The molecule has 0 bridgehead atoms. The molecule has 0 saturated carbocycles. The molecule has 0 heterocycles. The first-order chi connectivity index (χ1) is 8.87. The summed E-state index contributed by atoms with van der Waals surface area (Å²) in [4.78, 5) is 14.5. The molecular weight excluding hydrogens is 265 g/mol. The first kappa shape index (κ1) is 16.1. The Morgan fingerprint density at radius 1 is 1.32 bits per heavy atom. The Morgan fingerprint density at radius 2 is 1.89 bits per heavy atom. The van der Waals surface area contributed by atoms with E-state index in [9.17, 15) is 9.18 Å². The fraction of sp³-hybridized carbons (Fsp3) is 0.533. The Labute approximate surface area is 119 Å². The number of nitrogens with zero attached hydrogens (tertiary/aromatic N) is 1. The van der Waals surface area contributed by atoms with Crippen molar-refractivity contribution in [1.82, 2.24) is 4.90 Å². The first-order valence-electron chi connectivity index (χ1n) is 6.52. The Bertz CT molecular complexity index is 455. The summed E-state index contributed by atoms with van der Waals surface area (Å²) in [6, 6.07) is 4.54. The highest BCUT2D eigenvalue weighted by atomic mass is 35.5. The van der Waals surface area contributed by atoms with Gasteiger partial charge in [0.25, 0.3) is 0 Å². The summed E-state index contributed by atoms with van der Waals surface area (Å²) >= 11 is 5.64. The van der Waals surface area contributed by atoms with Crippen LogP contribution in [-0.2, 0) is 11.2 Å². The molecule has 0 aliphatic rings. The third kappa shape index (κ3) is 3.34. The van der Waals surface area contributed by atoms with E-state index in [1.807, 2.05) is 32.8 Å². The molecule has 4 heteroatoms. The normalized spacial score (nSPS) is 11.9. The second kappa shape index (κ2) is 6.49. The molecule has 0 aliphatic heterocycles. The summed E-state index contributed by atoms with van der Waals surface area (Å²) in [5.74, 6) is -0.361. The number of Topliss-reactive ketones (excluding diaryl/α,β-unsaturated/α-hetero) is 1. The van der Waals surface area contributed by atoms with E-state index in [1.165, 1.54) is 12.1 Å². The smallest absolute Gasteiger partial charge is 0.157 e. The van der Waals surface area contributed by atoms with Crippen LogP contribution in [0.25, 0.3) is 0 Å². The van der Waals surface area contributed by atoms with Crippen molar-refractivity contribution < 1.29 is 9.18 Å². The van der Waals surface area contributed by atoms with E-state index >= 15 is 0 Å². The largest absolute Gasteiger partial charge is 0.297 e. The minimum atomic E-state index is -0.476. The number of halogens is 2. The molecule has 1 rings (SSSR count). The van der Waals surface area contributed by atoms with E-state index in [0.717, 1.165) is 12.8 Å². The van der Waals surface area contributed by atoms with Crippen LogP contribution < -0.4 is 0 Å². The number of ketones is 1. The van der Waals surface area contributed by atoms with Crippen molar-refractivity contribution in [3.63, 3.8) is 0 Å². The lowest BCUT2D eigenvalue weighted by molar-refractivity contribution is -0.129. The second-order valence-electron chi connectivity index (χ2n) is 4.98. The van der Waals surface area contributed by atoms with Gasteiger partial charge in [-0.2, -0.15) is 0 Å². The van der Waals surface area contributed by atoms with Crippen LogP contribution in [-0.4, -0.2) is 30.3 Å². The second-order valence-corrected chi connectivity index (χ2v) is 5.39. The molecule has 1 aromatic carbocycles. The van der Waals surface area contributed by atoms with Crippen LogP contribution in [0.1, 0.15) is 32.3 Å². The van der Waals surface area contributed by atoms with Crippen molar-refractivity contribution in [1.29, 1.82) is 0 Å². The van der Waals surface area contributed by atoms with Crippen molar-refractivity contribution >= 4 is 17.4 Å². The zero-order valence-corrected chi connectivity index (χ0v) is 12.7. The predicted octanol–water partition coefficient (Wildman–Crippen LogP) is 3.71. The van der Waals surface area contributed by atoms with Gasteiger partial charge in [0.05, 0.1) is 10.6 Å². The zero-order chi connectivity index (χ0) is 14.6. The van der Waals surface area contributed by atoms with E-state index in [2.05, 4.69) is 0 Å². The molecule has 0 aromatic heterocycles. The molecule has 0 N–H and O–H groups in total. The van der Waals surface area contributed by atoms with Crippen molar-refractivity contribution in [3.05, 3.63) is 34.6 Å². The minimum Gasteiger partial charge on any atom is -0.297 e. The minimum absolute atomic E-state index is 0.0843. The molecule has 2 nitrogen and oxygen atoms in total. The number of hydrogen-bond donors (Lipinski definition) is 0. The van der Waals surface area contributed by atoms with Gasteiger partial charge in [-0.15, -0.1) is 0 Å². The Balaban J connectivity index is 2.97. The van der Waals surface area contributed by atoms with Crippen LogP contribution in [0.3, 0.4) is 0 Å². The molecule has 0 fully saturated rings. The van der Waals surface area contributed by atoms with Crippen molar-refractivity contribution in [2.75, 3.05) is 14.1 Å². The lowest BCUT2D eigenvalue weighted by atomic mass is 9.83. The number of carbonyl (C=O) groups excluding carboxylic acids is 1. The van der Waals surface area contributed by atoms with Gasteiger partial charge < -0.3 is 0 Å². The molecule has 0 aliphatic carbocycles. The summed E-state index contributed by atoms with van der Waals surface area (Å²) in [5, 5.41) is 0.0843. The first-order valence-corrected chi connectivity index (χ1v) is 6.89. The van der Waals surface area contributed by atoms with E-state index in [1.54, 1.807) is 6.07 Å². The van der Waals surface area contributed by atoms with Crippen LogP contribution in [0.4, 0.5) is 4.39 Å². The number of likely N-dealkylation sites (N-methyl/N-ethyl adjacent to an activating group) is 1. The zero-order valence-electron chi connectivity index (χ0n) is 12.0. The summed E-state index contributed by atoms with van der Waals surface area (Å²) in [7, 11) is 3.82. The number of hydrogen-bond acceptors (Lipinski definition) is 2. The van der Waals surface area contributed by atoms with Gasteiger partial charge in [0.2, 0.25) is 0 Å². The van der Waals surface area contributed by atoms with Crippen LogP contribution >= 0.6 is 11.6 Å². The molecule has 1 aromatic rings. The highest BCUT2D eigenvalue weighted by Crippen LogP contribution is 2.25. The van der Waals surface area contributed by atoms with Gasteiger partial charge in [-0.25, -0.2) is 4.39 Å². The Kier molecular flexibility index (Phi) is 5.50. The van der Waals surface area contributed by atoms with Gasteiger partial charge in [-0.05, 0) is 44.6 Å². The summed E-state index contributed by atoms with van der Waals surface area (Å²) < 4.78 is 13.4. The molecule has 0 saturated heterocycles. The SMILES string of the molecule is CCC(CC)(C(=O)Cc1ccc(Cl)c(F)c1)N(C)C. The number of benzene rings is 1. The van der Waals surface area contributed by atoms with Gasteiger partial charge in [0, 0.05) is 6.42 Å². The summed E-state index contributed by atoms with van der Waals surface area (Å²) in [6.45, 7) is 4.01. The van der Waals surface area contributed by atoms with E-state index < -0.39 is 11.4 Å². The highest BCUT2D eigenvalue weighted by Gasteiger charge is 2.36.